The molecule has 1 aromatic heterocycles. The minimum atomic E-state index is -0.303. The molecule has 8 heteroatoms. The van der Waals surface area contributed by atoms with E-state index in [0.717, 1.165) is 5.56 Å². The molecule has 0 saturated heterocycles. The van der Waals surface area contributed by atoms with E-state index < -0.39 is 0 Å². The number of amides is 1. The molecule has 0 radical (unpaired) electrons. The quantitative estimate of drug-likeness (QED) is 0.699. The largest absolute Gasteiger partial charge is 0.486 e. The smallest absolute Gasteiger partial charge is 0.251 e. The van der Waals surface area contributed by atoms with Gasteiger partial charge >= 0.3 is 0 Å². The van der Waals surface area contributed by atoms with Gasteiger partial charge in [-0.1, -0.05) is 28.4 Å². The summed E-state index contributed by atoms with van der Waals surface area (Å²) in [5, 5.41) is 7.55. The van der Waals surface area contributed by atoms with Crippen molar-refractivity contribution in [2.45, 2.75) is 6.54 Å². The van der Waals surface area contributed by atoms with Crippen LogP contribution in [0, 0.1) is 0 Å². The lowest BCUT2D eigenvalue weighted by Crippen LogP contribution is -2.22. The van der Waals surface area contributed by atoms with Crippen molar-refractivity contribution >= 4 is 29.1 Å². The summed E-state index contributed by atoms with van der Waals surface area (Å²) in [6.45, 7) is 1.25. The number of carbonyl (C=O) groups excluding carboxylic acids is 1. The lowest BCUT2D eigenvalue weighted by Gasteiger charge is -2.18. The molecule has 6 nitrogen and oxygen atoms in total. The number of aromatic nitrogens is 1. The van der Waals surface area contributed by atoms with E-state index in [1.807, 2.05) is 18.2 Å². The highest BCUT2D eigenvalue weighted by atomic mass is 35.5. The number of fused-ring (bicyclic) bond motifs is 1. The van der Waals surface area contributed by atoms with Gasteiger partial charge in [-0.05, 0) is 36.4 Å². The number of benzene rings is 2. The van der Waals surface area contributed by atoms with Crippen LogP contribution >= 0.6 is 23.2 Å². The lowest BCUT2D eigenvalue weighted by atomic mass is 10.1. The predicted molar refractivity (Wildman–Crippen MR) is 101 cm³/mol. The molecule has 0 aliphatic carbocycles. The third kappa shape index (κ3) is 4.02. The normalized spacial score (nSPS) is 12.7. The number of rotatable bonds is 4. The van der Waals surface area contributed by atoms with Crippen LogP contribution in [0.1, 0.15) is 16.1 Å². The van der Waals surface area contributed by atoms with E-state index in [1.165, 1.54) is 0 Å². The van der Waals surface area contributed by atoms with Gasteiger partial charge in [0.05, 0.1) is 6.54 Å². The number of hydrogen-bond acceptors (Lipinski definition) is 5. The van der Waals surface area contributed by atoms with Crippen LogP contribution in [0.2, 0.25) is 10.0 Å². The summed E-state index contributed by atoms with van der Waals surface area (Å²) >= 11 is 11.8. The number of nitrogens with one attached hydrogen (secondary N) is 1. The Morgan fingerprint density at radius 3 is 2.52 bits per heavy atom. The summed E-state index contributed by atoms with van der Waals surface area (Å²) in [6, 6.07) is 12.0. The third-order valence-corrected chi connectivity index (χ3v) is 4.38. The zero-order valence-electron chi connectivity index (χ0n) is 14.0. The Balaban J connectivity index is 1.44. The summed E-state index contributed by atoms with van der Waals surface area (Å²) in [5.41, 5.74) is 1.77. The van der Waals surface area contributed by atoms with Gasteiger partial charge in [0.1, 0.15) is 18.9 Å². The zero-order chi connectivity index (χ0) is 18.8. The van der Waals surface area contributed by atoms with E-state index in [4.69, 9.17) is 37.2 Å². The average molecular weight is 405 g/mol. The molecule has 1 N–H and O–H groups in total. The minimum Gasteiger partial charge on any atom is -0.486 e. The highest BCUT2D eigenvalue weighted by Gasteiger charge is 2.15. The molecule has 1 aliphatic rings. The number of nitrogens with zero attached hydrogens (tertiary/aromatic N) is 1. The molecule has 3 aromatic rings. The Morgan fingerprint density at radius 1 is 1.00 bits per heavy atom. The average Bonchev–Trinajstić information content (AvgIpc) is 3.14. The van der Waals surface area contributed by atoms with Crippen molar-refractivity contribution in [2.75, 3.05) is 13.2 Å². The number of ether oxygens (including phenoxy) is 2. The van der Waals surface area contributed by atoms with Crippen LogP contribution in [0.15, 0.2) is 47.0 Å². The Kier molecular flexibility index (Phi) is 4.92. The molecule has 138 valence electrons. The maximum absolute atomic E-state index is 12.2. The second-order valence-corrected chi connectivity index (χ2v) is 6.75. The lowest BCUT2D eigenvalue weighted by molar-refractivity contribution is 0.0950. The zero-order valence-corrected chi connectivity index (χ0v) is 15.5. The number of halogens is 2. The van der Waals surface area contributed by atoms with Crippen molar-refractivity contribution in [3.8, 4) is 22.8 Å². The second kappa shape index (κ2) is 7.50. The number of carbonyl (C=O) groups is 1. The van der Waals surface area contributed by atoms with Crippen molar-refractivity contribution in [2.24, 2.45) is 0 Å². The Hall–Kier alpha value is -2.70. The van der Waals surface area contributed by atoms with Gasteiger partial charge in [0, 0.05) is 27.2 Å². The van der Waals surface area contributed by atoms with Crippen LogP contribution < -0.4 is 14.8 Å². The fourth-order valence-electron chi connectivity index (χ4n) is 2.69. The third-order valence-electron chi connectivity index (χ3n) is 3.94. The summed E-state index contributed by atoms with van der Waals surface area (Å²) in [6.07, 6.45) is 0. The fraction of sp³-hybridized carbons (Fsp3) is 0.158. The van der Waals surface area contributed by atoms with Crippen molar-refractivity contribution < 1.29 is 18.8 Å². The molecular formula is C19H14Cl2N2O4. The van der Waals surface area contributed by atoms with Crippen LogP contribution in [0.3, 0.4) is 0 Å². The first-order valence-electron chi connectivity index (χ1n) is 8.18. The van der Waals surface area contributed by atoms with E-state index in [1.54, 1.807) is 24.3 Å². The molecular weight excluding hydrogens is 391 g/mol. The van der Waals surface area contributed by atoms with Crippen LogP contribution in [-0.2, 0) is 6.54 Å². The first-order valence-corrected chi connectivity index (χ1v) is 8.94. The molecule has 0 saturated carbocycles. The fourth-order valence-corrected chi connectivity index (χ4v) is 3.21. The van der Waals surface area contributed by atoms with Gasteiger partial charge in [-0.2, -0.15) is 0 Å². The topological polar surface area (TPSA) is 73.6 Å². The Labute approximate surface area is 165 Å². The first-order chi connectivity index (χ1) is 13.1. The molecule has 27 heavy (non-hydrogen) atoms. The summed E-state index contributed by atoms with van der Waals surface area (Å²) in [7, 11) is 0. The Morgan fingerprint density at radius 2 is 1.74 bits per heavy atom. The van der Waals surface area contributed by atoms with E-state index in [0.29, 0.717) is 51.8 Å². The monoisotopic (exact) mass is 404 g/mol. The number of hydrogen-bond donors (Lipinski definition) is 1. The van der Waals surface area contributed by atoms with E-state index >= 15 is 0 Å². The first kappa shape index (κ1) is 17.7. The summed E-state index contributed by atoms with van der Waals surface area (Å²) < 4.78 is 16.5. The van der Waals surface area contributed by atoms with Crippen LogP contribution in [-0.4, -0.2) is 24.3 Å². The second-order valence-electron chi connectivity index (χ2n) is 5.88. The molecule has 2 heterocycles. The molecule has 0 atom stereocenters. The van der Waals surface area contributed by atoms with Gasteiger partial charge in [-0.15, -0.1) is 0 Å². The van der Waals surface area contributed by atoms with Crippen LogP contribution in [0.4, 0.5) is 0 Å². The van der Waals surface area contributed by atoms with Gasteiger partial charge in [0.25, 0.3) is 5.91 Å². The summed E-state index contributed by atoms with van der Waals surface area (Å²) in [5.74, 6) is 1.64. The van der Waals surface area contributed by atoms with Gasteiger partial charge in [0.15, 0.2) is 17.3 Å². The molecule has 0 bridgehead atoms. The maximum Gasteiger partial charge on any atom is 0.251 e. The van der Waals surface area contributed by atoms with Crippen molar-refractivity contribution in [3.63, 3.8) is 0 Å². The van der Waals surface area contributed by atoms with Crippen molar-refractivity contribution in [3.05, 3.63) is 63.8 Å². The van der Waals surface area contributed by atoms with Gasteiger partial charge in [-0.3, -0.25) is 4.79 Å². The van der Waals surface area contributed by atoms with Crippen molar-refractivity contribution in [1.29, 1.82) is 0 Å². The van der Waals surface area contributed by atoms with Crippen LogP contribution in [0.5, 0.6) is 11.5 Å². The molecule has 1 amide bonds. The molecule has 0 spiro atoms. The van der Waals surface area contributed by atoms with Crippen LogP contribution in [0.25, 0.3) is 11.3 Å². The minimum absolute atomic E-state index is 0.205. The van der Waals surface area contributed by atoms with E-state index in [-0.39, 0.29) is 12.5 Å². The highest BCUT2D eigenvalue weighted by Crippen LogP contribution is 2.34. The van der Waals surface area contributed by atoms with E-state index in [2.05, 4.69) is 10.5 Å². The van der Waals surface area contributed by atoms with Gasteiger partial charge in [-0.25, -0.2) is 0 Å². The van der Waals surface area contributed by atoms with Gasteiger partial charge in [0.2, 0.25) is 0 Å². The maximum atomic E-state index is 12.2. The molecule has 0 fully saturated rings. The molecule has 4 rings (SSSR count). The molecule has 0 unspecified atom stereocenters. The molecule has 1 aliphatic heterocycles. The Bertz CT molecular complexity index is 983. The van der Waals surface area contributed by atoms with Gasteiger partial charge < -0.3 is 19.3 Å². The standard InChI is InChI=1S/C19H14Cl2N2O4/c20-13-5-12(6-14(21)8-13)19(24)22-10-15-9-17(27-23-15)11-1-2-16-18(7-11)26-4-3-25-16/h1-2,5-9H,3-4,10H2,(H,22,24). The highest BCUT2D eigenvalue weighted by molar-refractivity contribution is 6.35. The predicted octanol–water partition coefficient (Wildman–Crippen LogP) is 4.35. The van der Waals surface area contributed by atoms with Crippen molar-refractivity contribution in [1.82, 2.24) is 10.5 Å². The summed E-state index contributed by atoms with van der Waals surface area (Å²) in [4.78, 5) is 12.2. The van der Waals surface area contributed by atoms with E-state index in [9.17, 15) is 4.79 Å². The SMILES string of the molecule is O=C(NCc1cc(-c2ccc3c(c2)OCCO3)on1)c1cc(Cl)cc(Cl)c1. The molecule has 2 aromatic carbocycles.